The Hall–Kier alpha value is -1.82. The first-order chi connectivity index (χ1) is 9.41. The Morgan fingerprint density at radius 2 is 2.05 bits per heavy atom. The van der Waals surface area contributed by atoms with E-state index in [9.17, 15) is 14.0 Å². The van der Waals surface area contributed by atoms with Gasteiger partial charge in [-0.2, -0.15) is 0 Å². The molecular formula is C13H14ClFN2O3. The van der Waals surface area contributed by atoms with Crippen molar-refractivity contribution in [3.8, 4) is 0 Å². The van der Waals surface area contributed by atoms with Crippen LogP contribution in [0.15, 0.2) is 18.2 Å². The van der Waals surface area contributed by atoms with E-state index >= 15 is 0 Å². The SMILES string of the molecule is O=C(NCC1(C(=O)O)CCC1)Nc1cc(F)cc(Cl)c1. The third-order valence-electron chi connectivity index (χ3n) is 3.47. The fourth-order valence-corrected chi connectivity index (χ4v) is 2.34. The van der Waals surface area contributed by atoms with Gasteiger partial charge in [0, 0.05) is 17.3 Å². The molecule has 0 radical (unpaired) electrons. The predicted octanol–water partition coefficient (Wildman–Crippen LogP) is 2.86. The quantitative estimate of drug-likeness (QED) is 0.800. The molecule has 2 amide bonds. The molecule has 1 aromatic carbocycles. The molecule has 3 N–H and O–H groups in total. The summed E-state index contributed by atoms with van der Waals surface area (Å²) in [6, 6.07) is 3.07. The summed E-state index contributed by atoms with van der Waals surface area (Å²) in [5.41, 5.74) is -0.651. The molecule has 1 fully saturated rings. The lowest BCUT2D eigenvalue weighted by molar-refractivity contribution is -0.153. The second-order valence-corrected chi connectivity index (χ2v) is 5.34. The molecule has 1 aliphatic rings. The molecule has 0 heterocycles. The van der Waals surface area contributed by atoms with Gasteiger partial charge in [-0.15, -0.1) is 0 Å². The molecule has 108 valence electrons. The minimum Gasteiger partial charge on any atom is -0.481 e. The molecule has 0 unspecified atom stereocenters. The van der Waals surface area contributed by atoms with Gasteiger partial charge in [0.1, 0.15) is 5.82 Å². The lowest BCUT2D eigenvalue weighted by Gasteiger charge is -2.37. The van der Waals surface area contributed by atoms with Gasteiger partial charge >= 0.3 is 12.0 Å². The number of carboxylic acids is 1. The third-order valence-corrected chi connectivity index (χ3v) is 3.69. The van der Waals surface area contributed by atoms with Crippen molar-refractivity contribution >= 4 is 29.3 Å². The van der Waals surface area contributed by atoms with E-state index in [0.29, 0.717) is 12.8 Å². The molecule has 1 saturated carbocycles. The summed E-state index contributed by atoms with van der Waals surface area (Å²) in [7, 11) is 0. The molecule has 7 heteroatoms. The average molecular weight is 301 g/mol. The monoisotopic (exact) mass is 300 g/mol. The normalized spacial score (nSPS) is 16.1. The number of anilines is 1. The maximum atomic E-state index is 13.1. The van der Waals surface area contributed by atoms with Crippen molar-refractivity contribution in [2.24, 2.45) is 5.41 Å². The number of halogens is 2. The maximum absolute atomic E-state index is 13.1. The third kappa shape index (κ3) is 3.19. The maximum Gasteiger partial charge on any atom is 0.319 e. The Balaban J connectivity index is 1.91. The van der Waals surface area contributed by atoms with Gasteiger partial charge < -0.3 is 15.7 Å². The fourth-order valence-electron chi connectivity index (χ4n) is 2.12. The Labute approximate surface area is 120 Å². The highest BCUT2D eigenvalue weighted by Gasteiger charge is 2.44. The zero-order valence-corrected chi connectivity index (χ0v) is 11.3. The first kappa shape index (κ1) is 14.6. The highest BCUT2D eigenvalue weighted by molar-refractivity contribution is 6.30. The number of rotatable bonds is 4. The van der Waals surface area contributed by atoms with Gasteiger partial charge in [0.25, 0.3) is 0 Å². The van der Waals surface area contributed by atoms with Crippen molar-refractivity contribution in [3.63, 3.8) is 0 Å². The molecule has 0 bridgehead atoms. The van der Waals surface area contributed by atoms with Crippen LogP contribution in [0.2, 0.25) is 5.02 Å². The average Bonchev–Trinajstić information content (AvgIpc) is 2.25. The van der Waals surface area contributed by atoms with Crippen molar-refractivity contribution < 1.29 is 19.1 Å². The summed E-state index contributed by atoms with van der Waals surface area (Å²) in [6.45, 7) is 0.0528. The van der Waals surface area contributed by atoms with E-state index in [2.05, 4.69) is 10.6 Å². The largest absolute Gasteiger partial charge is 0.481 e. The van der Waals surface area contributed by atoms with Gasteiger partial charge in [-0.1, -0.05) is 18.0 Å². The molecule has 1 aromatic rings. The molecule has 0 aromatic heterocycles. The van der Waals surface area contributed by atoms with Crippen molar-refractivity contribution in [2.75, 3.05) is 11.9 Å². The molecule has 0 atom stereocenters. The number of carboxylic acid groups (broad SMARTS) is 1. The number of aliphatic carboxylic acids is 1. The second-order valence-electron chi connectivity index (χ2n) is 4.90. The Kier molecular flexibility index (Phi) is 4.13. The van der Waals surface area contributed by atoms with E-state index in [1.165, 1.54) is 6.07 Å². The zero-order chi connectivity index (χ0) is 14.8. The number of hydrogen-bond donors (Lipinski definition) is 3. The highest BCUT2D eigenvalue weighted by atomic mass is 35.5. The molecular weight excluding hydrogens is 287 g/mol. The second kappa shape index (κ2) is 5.66. The highest BCUT2D eigenvalue weighted by Crippen LogP contribution is 2.40. The molecule has 0 aliphatic heterocycles. The number of hydrogen-bond acceptors (Lipinski definition) is 2. The van der Waals surface area contributed by atoms with Gasteiger partial charge in [-0.3, -0.25) is 4.79 Å². The Morgan fingerprint density at radius 1 is 1.35 bits per heavy atom. The summed E-state index contributed by atoms with van der Waals surface area (Å²) < 4.78 is 13.1. The number of urea groups is 1. The van der Waals surface area contributed by atoms with Crippen molar-refractivity contribution in [1.82, 2.24) is 5.32 Å². The van der Waals surface area contributed by atoms with E-state index < -0.39 is 23.2 Å². The number of nitrogens with one attached hydrogen (secondary N) is 2. The predicted molar refractivity (Wildman–Crippen MR) is 72.4 cm³/mol. The van der Waals surface area contributed by atoms with Crippen LogP contribution in [0.1, 0.15) is 19.3 Å². The molecule has 20 heavy (non-hydrogen) atoms. The van der Waals surface area contributed by atoms with Crippen LogP contribution in [0.4, 0.5) is 14.9 Å². The summed E-state index contributed by atoms with van der Waals surface area (Å²) in [5.74, 6) is -1.47. The number of amides is 2. The van der Waals surface area contributed by atoms with E-state index in [4.69, 9.17) is 16.7 Å². The van der Waals surface area contributed by atoms with Crippen LogP contribution >= 0.6 is 11.6 Å². The summed E-state index contributed by atoms with van der Waals surface area (Å²) in [5, 5.41) is 14.2. The molecule has 5 nitrogen and oxygen atoms in total. The molecule has 0 spiro atoms. The van der Waals surface area contributed by atoms with Crippen LogP contribution in [0.25, 0.3) is 0 Å². The van der Waals surface area contributed by atoms with Gasteiger partial charge in [0.2, 0.25) is 0 Å². The number of carbonyl (C=O) groups is 2. The first-order valence-corrected chi connectivity index (χ1v) is 6.53. The van der Waals surface area contributed by atoms with Crippen LogP contribution in [0, 0.1) is 11.2 Å². The van der Waals surface area contributed by atoms with Gasteiger partial charge in [-0.05, 0) is 31.0 Å². The zero-order valence-electron chi connectivity index (χ0n) is 10.6. The minimum absolute atomic E-state index is 0.0528. The Bertz CT molecular complexity index is 526. The summed E-state index contributed by atoms with van der Waals surface area (Å²) >= 11 is 5.67. The van der Waals surface area contributed by atoms with Crippen molar-refractivity contribution in [1.29, 1.82) is 0 Å². The lowest BCUT2D eigenvalue weighted by Crippen LogP contribution is -2.48. The first-order valence-electron chi connectivity index (χ1n) is 6.16. The standard InChI is InChI=1S/C13H14ClFN2O3/c14-8-4-9(15)6-10(5-8)17-12(20)16-7-13(11(18)19)2-1-3-13/h4-6H,1-3,7H2,(H,18,19)(H2,16,17,20). The molecule has 1 aliphatic carbocycles. The lowest BCUT2D eigenvalue weighted by atomic mass is 9.69. The van der Waals surface area contributed by atoms with Crippen LogP contribution in [0.3, 0.4) is 0 Å². The molecule has 0 saturated heterocycles. The summed E-state index contributed by atoms with van der Waals surface area (Å²) in [6.07, 6.45) is 1.94. The number of benzene rings is 1. The van der Waals surface area contributed by atoms with Crippen molar-refractivity contribution in [3.05, 3.63) is 29.0 Å². The fraction of sp³-hybridized carbons (Fsp3) is 0.385. The van der Waals surface area contributed by atoms with E-state index in [1.54, 1.807) is 0 Å². The number of carbonyl (C=O) groups excluding carboxylic acids is 1. The smallest absolute Gasteiger partial charge is 0.319 e. The van der Waals surface area contributed by atoms with Gasteiger partial charge in [0.15, 0.2) is 0 Å². The molecule has 2 rings (SSSR count). The van der Waals surface area contributed by atoms with E-state index in [0.717, 1.165) is 18.6 Å². The van der Waals surface area contributed by atoms with E-state index in [-0.39, 0.29) is 17.3 Å². The van der Waals surface area contributed by atoms with Gasteiger partial charge in [0.05, 0.1) is 5.41 Å². The van der Waals surface area contributed by atoms with Crippen LogP contribution in [0.5, 0.6) is 0 Å². The van der Waals surface area contributed by atoms with E-state index in [1.807, 2.05) is 0 Å². The van der Waals surface area contributed by atoms with Crippen LogP contribution in [-0.4, -0.2) is 23.7 Å². The van der Waals surface area contributed by atoms with Gasteiger partial charge in [-0.25, -0.2) is 9.18 Å². The van der Waals surface area contributed by atoms with Crippen LogP contribution < -0.4 is 10.6 Å². The van der Waals surface area contributed by atoms with Crippen LogP contribution in [-0.2, 0) is 4.79 Å². The summed E-state index contributed by atoms with van der Waals surface area (Å²) in [4.78, 5) is 22.8. The Morgan fingerprint density at radius 3 is 2.55 bits per heavy atom. The minimum atomic E-state index is -0.905. The van der Waals surface area contributed by atoms with Crippen molar-refractivity contribution in [2.45, 2.75) is 19.3 Å². The topological polar surface area (TPSA) is 78.4 Å².